The second-order valence-electron chi connectivity index (χ2n) is 6.65. The lowest BCUT2D eigenvalue weighted by molar-refractivity contribution is -0.124. The number of fused-ring (bicyclic) bond motifs is 1. The van der Waals surface area contributed by atoms with Gasteiger partial charge in [-0.1, -0.05) is 12.1 Å². The number of rotatable bonds is 3. The van der Waals surface area contributed by atoms with E-state index in [0.717, 1.165) is 12.0 Å². The molecule has 1 heterocycles. The Morgan fingerprint density at radius 2 is 1.92 bits per heavy atom. The summed E-state index contributed by atoms with van der Waals surface area (Å²) in [5, 5.41) is 9.46. The number of hydrogen-bond donors (Lipinski definition) is 1. The van der Waals surface area contributed by atoms with Crippen LogP contribution in [0, 0.1) is 0 Å². The third-order valence-corrected chi connectivity index (χ3v) is 5.09. The molecule has 1 aromatic carbocycles. The average molecular weight is 345 g/mol. The molecular formula is C19H23NO5. The van der Waals surface area contributed by atoms with Crippen LogP contribution in [-0.4, -0.2) is 40.6 Å². The van der Waals surface area contributed by atoms with Crippen LogP contribution in [0.3, 0.4) is 0 Å². The molecule has 2 aliphatic rings. The molecule has 1 N–H and O–H groups in total. The van der Waals surface area contributed by atoms with Crippen molar-refractivity contribution in [2.45, 2.75) is 57.7 Å². The van der Waals surface area contributed by atoms with Gasteiger partial charge in [-0.3, -0.25) is 14.4 Å². The predicted octanol–water partition coefficient (Wildman–Crippen LogP) is 2.00. The van der Waals surface area contributed by atoms with Crippen LogP contribution in [0.1, 0.15) is 60.0 Å². The van der Waals surface area contributed by atoms with E-state index < -0.39 is 6.04 Å². The molecule has 0 aromatic heterocycles. The summed E-state index contributed by atoms with van der Waals surface area (Å²) in [6, 6.07) is 2.97. The third-order valence-electron chi connectivity index (χ3n) is 5.09. The third kappa shape index (κ3) is 3.31. The first-order valence-corrected chi connectivity index (χ1v) is 8.71. The van der Waals surface area contributed by atoms with Crippen molar-refractivity contribution in [2.24, 2.45) is 0 Å². The van der Waals surface area contributed by atoms with Gasteiger partial charge in [0.15, 0.2) is 5.78 Å². The molecule has 1 aliphatic carbocycles. The van der Waals surface area contributed by atoms with Gasteiger partial charge in [-0.25, -0.2) is 0 Å². The number of nitrogens with zero attached hydrogens (tertiary/aromatic N) is 1. The van der Waals surface area contributed by atoms with Crippen molar-refractivity contribution >= 4 is 17.5 Å². The highest BCUT2D eigenvalue weighted by molar-refractivity contribution is 6.04. The molecule has 0 saturated heterocycles. The molecule has 1 atom stereocenters. The van der Waals surface area contributed by atoms with E-state index in [1.54, 1.807) is 17.0 Å². The molecule has 1 saturated carbocycles. The zero-order valence-electron chi connectivity index (χ0n) is 14.4. The number of carbonyl (C=O) groups excluding carboxylic acids is 3. The average Bonchev–Trinajstić information content (AvgIpc) is 2.97. The topological polar surface area (TPSA) is 83.9 Å². The van der Waals surface area contributed by atoms with Gasteiger partial charge in [0.1, 0.15) is 11.5 Å². The van der Waals surface area contributed by atoms with E-state index >= 15 is 0 Å². The summed E-state index contributed by atoms with van der Waals surface area (Å²) < 4.78 is 5.35. The summed E-state index contributed by atoms with van der Waals surface area (Å²) in [7, 11) is 1.47. The molecule has 1 unspecified atom stereocenters. The van der Waals surface area contributed by atoms with E-state index in [0.29, 0.717) is 55.5 Å². The Bertz CT molecular complexity index is 712. The highest BCUT2D eigenvalue weighted by Crippen LogP contribution is 2.36. The number of methoxy groups -OCH3 is 1. The molecule has 1 fully saturated rings. The fraction of sp³-hybridized carbons (Fsp3) is 0.526. The van der Waals surface area contributed by atoms with Crippen molar-refractivity contribution in [3.63, 3.8) is 0 Å². The van der Waals surface area contributed by atoms with Gasteiger partial charge in [0.05, 0.1) is 25.3 Å². The maximum absolute atomic E-state index is 13.0. The quantitative estimate of drug-likeness (QED) is 0.906. The first-order chi connectivity index (χ1) is 12.1. The second kappa shape index (κ2) is 7.35. The summed E-state index contributed by atoms with van der Waals surface area (Å²) in [6.07, 6.45) is 3.05. The van der Waals surface area contributed by atoms with Gasteiger partial charge in [-0.2, -0.15) is 0 Å². The van der Waals surface area contributed by atoms with Crippen molar-refractivity contribution in [1.29, 1.82) is 0 Å². The molecule has 25 heavy (non-hydrogen) atoms. The fourth-order valence-electron chi connectivity index (χ4n) is 3.74. The molecule has 1 aromatic rings. The number of amides is 1. The molecule has 1 aliphatic heterocycles. The summed E-state index contributed by atoms with van der Waals surface area (Å²) in [5.41, 5.74) is 1.76. The minimum absolute atomic E-state index is 0.0252. The Kier molecular flexibility index (Phi) is 5.18. The van der Waals surface area contributed by atoms with E-state index in [1.807, 2.05) is 0 Å². The number of hydrogen-bond acceptors (Lipinski definition) is 5. The second-order valence-corrected chi connectivity index (χ2v) is 6.65. The minimum Gasteiger partial charge on any atom is -0.496 e. The number of ether oxygens (including phenoxy) is 1. The molecule has 134 valence electrons. The highest BCUT2D eigenvalue weighted by atomic mass is 16.5. The molecule has 1 amide bonds. The lowest BCUT2D eigenvalue weighted by Crippen LogP contribution is -2.41. The molecular weight excluding hydrogens is 322 g/mol. The van der Waals surface area contributed by atoms with E-state index in [9.17, 15) is 19.5 Å². The van der Waals surface area contributed by atoms with Crippen LogP contribution in [0.5, 0.6) is 5.75 Å². The van der Waals surface area contributed by atoms with Crippen LogP contribution in [0.15, 0.2) is 12.1 Å². The van der Waals surface area contributed by atoms with Crippen LogP contribution in [-0.2, 0) is 22.7 Å². The Morgan fingerprint density at radius 3 is 2.64 bits per heavy atom. The van der Waals surface area contributed by atoms with Gasteiger partial charge in [-0.05, 0) is 24.8 Å². The van der Waals surface area contributed by atoms with Crippen molar-refractivity contribution in [1.82, 2.24) is 4.90 Å². The molecule has 0 radical (unpaired) electrons. The number of benzene rings is 1. The number of Topliss-reactive ketones (excluding diaryl/α,β-unsaturated/α-hetero) is 2. The van der Waals surface area contributed by atoms with Crippen molar-refractivity contribution in [3.8, 4) is 5.75 Å². The Labute approximate surface area is 146 Å². The molecule has 3 rings (SSSR count). The summed E-state index contributed by atoms with van der Waals surface area (Å²) in [6.45, 7) is 0.113. The van der Waals surface area contributed by atoms with Gasteiger partial charge in [0.25, 0.3) is 5.91 Å². The van der Waals surface area contributed by atoms with Gasteiger partial charge < -0.3 is 14.7 Å². The molecule has 0 spiro atoms. The van der Waals surface area contributed by atoms with Crippen LogP contribution in [0.2, 0.25) is 0 Å². The zero-order chi connectivity index (χ0) is 18.0. The van der Waals surface area contributed by atoms with Crippen LogP contribution < -0.4 is 4.74 Å². The van der Waals surface area contributed by atoms with Crippen molar-refractivity contribution < 1.29 is 24.2 Å². The Morgan fingerprint density at radius 1 is 1.16 bits per heavy atom. The normalized spacial score (nSPS) is 21.6. The first-order valence-electron chi connectivity index (χ1n) is 8.71. The maximum atomic E-state index is 13.0. The number of ketones is 2. The number of carbonyl (C=O) groups is 3. The Balaban J connectivity index is 1.91. The molecule has 6 heteroatoms. The predicted molar refractivity (Wildman–Crippen MR) is 90.3 cm³/mol. The lowest BCUT2D eigenvalue weighted by Gasteiger charge is -2.26. The number of aliphatic hydroxyl groups is 1. The lowest BCUT2D eigenvalue weighted by atomic mass is 10.0. The fourth-order valence-corrected chi connectivity index (χ4v) is 3.74. The summed E-state index contributed by atoms with van der Waals surface area (Å²) in [5.74, 6) is 0.299. The van der Waals surface area contributed by atoms with Crippen LogP contribution in [0.25, 0.3) is 0 Å². The monoisotopic (exact) mass is 345 g/mol. The molecule has 6 nitrogen and oxygen atoms in total. The highest BCUT2D eigenvalue weighted by Gasteiger charge is 2.38. The zero-order valence-corrected chi connectivity index (χ0v) is 14.4. The SMILES string of the molecule is COc1c(CO)ccc2c1C(=O)N(C1CCC(=O)CCCCC1=O)C2. The standard InChI is InChI=1S/C19H23NO5/c1-25-18-13(11-21)7-6-12-10-20(19(24)17(12)18)15-9-8-14(22)4-2-3-5-16(15)23/h6-7,15,21H,2-5,8-11H2,1H3. The first kappa shape index (κ1) is 17.6. The summed E-state index contributed by atoms with van der Waals surface area (Å²) in [4.78, 5) is 39.0. The van der Waals surface area contributed by atoms with Gasteiger partial charge >= 0.3 is 0 Å². The van der Waals surface area contributed by atoms with E-state index in [-0.39, 0.29) is 24.1 Å². The molecule has 0 bridgehead atoms. The maximum Gasteiger partial charge on any atom is 0.258 e. The van der Waals surface area contributed by atoms with Gasteiger partial charge in [0, 0.05) is 31.4 Å². The van der Waals surface area contributed by atoms with Gasteiger partial charge in [-0.15, -0.1) is 0 Å². The van der Waals surface area contributed by atoms with Gasteiger partial charge in [0.2, 0.25) is 0 Å². The minimum atomic E-state index is -0.566. The number of aliphatic hydroxyl groups excluding tert-OH is 1. The smallest absolute Gasteiger partial charge is 0.258 e. The van der Waals surface area contributed by atoms with Crippen molar-refractivity contribution in [3.05, 3.63) is 28.8 Å². The van der Waals surface area contributed by atoms with E-state index in [1.165, 1.54) is 7.11 Å². The van der Waals surface area contributed by atoms with Crippen molar-refractivity contribution in [2.75, 3.05) is 7.11 Å². The summed E-state index contributed by atoms with van der Waals surface area (Å²) >= 11 is 0. The largest absolute Gasteiger partial charge is 0.496 e. The van der Waals surface area contributed by atoms with Crippen LogP contribution >= 0.6 is 0 Å². The Hall–Kier alpha value is -2.21. The van der Waals surface area contributed by atoms with Crippen LogP contribution in [0.4, 0.5) is 0 Å². The van der Waals surface area contributed by atoms with E-state index in [4.69, 9.17) is 4.74 Å². The van der Waals surface area contributed by atoms with E-state index in [2.05, 4.69) is 0 Å².